The van der Waals surface area contributed by atoms with E-state index >= 15 is 0 Å². The average molecular weight is 198 g/mol. The summed E-state index contributed by atoms with van der Waals surface area (Å²) >= 11 is 1.65. The third-order valence-electron chi connectivity index (χ3n) is 1.81. The van der Waals surface area contributed by atoms with E-state index in [9.17, 15) is 4.79 Å². The Balaban J connectivity index is 2.41. The van der Waals surface area contributed by atoms with Crippen molar-refractivity contribution in [3.63, 3.8) is 0 Å². The lowest BCUT2D eigenvalue weighted by molar-refractivity contribution is -0.147. The summed E-state index contributed by atoms with van der Waals surface area (Å²) in [6.45, 7) is 4.19. The first kappa shape index (κ1) is 10.3. The lowest BCUT2D eigenvalue weighted by Gasteiger charge is -2.08. The topological polar surface area (TPSA) is 26.3 Å². The molecule has 0 spiro atoms. The molecule has 0 amide bonds. The Morgan fingerprint density at radius 3 is 3.00 bits per heavy atom. The van der Waals surface area contributed by atoms with Gasteiger partial charge in [0.25, 0.3) is 0 Å². The molecule has 0 saturated heterocycles. The van der Waals surface area contributed by atoms with Crippen LogP contribution >= 0.6 is 11.3 Å². The predicted molar refractivity (Wildman–Crippen MR) is 53.8 cm³/mol. The van der Waals surface area contributed by atoms with E-state index in [1.807, 2.05) is 25.3 Å². The molecule has 72 valence electrons. The highest BCUT2D eigenvalue weighted by molar-refractivity contribution is 7.07. The molecule has 0 N–H and O–H groups in total. The van der Waals surface area contributed by atoms with Gasteiger partial charge >= 0.3 is 5.97 Å². The van der Waals surface area contributed by atoms with E-state index in [1.54, 1.807) is 11.3 Å². The van der Waals surface area contributed by atoms with Crippen molar-refractivity contribution in [1.29, 1.82) is 0 Å². The Morgan fingerprint density at radius 1 is 1.69 bits per heavy atom. The van der Waals surface area contributed by atoms with E-state index in [0.29, 0.717) is 6.61 Å². The van der Waals surface area contributed by atoms with Gasteiger partial charge in [-0.05, 0) is 35.7 Å². The molecule has 1 unspecified atom stereocenters. The van der Waals surface area contributed by atoms with Gasteiger partial charge < -0.3 is 4.74 Å². The lowest BCUT2D eigenvalue weighted by atomic mass is 10.0. The SMILES string of the molecule is CCOC(=O)C(C)Cc1ccsc1. The summed E-state index contributed by atoms with van der Waals surface area (Å²) in [6, 6.07) is 2.04. The molecule has 0 aromatic carbocycles. The Morgan fingerprint density at radius 2 is 2.46 bits per heavy atom. The number of carbonyl (C=O) groups excluding carboxylic acids is 1. The van der Waals surface area contributed by atoms with Crippen molar-refractivity contribution in [3.05, 3.63) is 22.4 Å². The van der Waals surface area contributed by atoms with Crippen LogP contribution in [0.1, 0.15) is 19.4 Å². The van der Waals surface area contributed by atoms with Crippen LogP contribution in [0.5, 0.6) is 0 Å². The highest BCUT2D eigenvalue weighted by atomic mass is 32.1. The number of thiophene rings is 1. The predicted octanol–water partition coefficient (Wildman–Crippen LogP) is 2.49. The highest BCUT2D eigenvalue weighted by Gasteiger charge is 2.14. The molecule has 1 aromatic heterocycles. The minimum Gasteiger partial charge on any atom is -0.466 e. The summed E-state index contributed by atoms with van der Waals surface area (Å²) in [5, 5.41) is 4.09. The Bertz CT molecular complexity index is 254. The molecule has 0 fully saturated rings. The molecule has 0 radical (unpaired) electrons. The smallest absolute Gasteiger partial charge is 0.308 e. The number of ether oxygens (including phenoxy) is 1. The first-order valence-electron chi connectivity index (χ1n) is 4.41. The summed E-state index contributed by atoms with van der Waals surface area (Å²) in [5.41, 5.74) is 1.21. The van der Waals surface area contributed by atoms with Crippen molar-refractivity contribution in [2.45, 2.75) is 20.3 Å². The fourth-order valence-corrected chi connectivity index (χ4v) is 1.81. The van der Waals surface area contributed by atoms with Crippen LogP contribution in [0.15, 0.2) is 16.8 Å². The molecule has 1 aromatic rings. The number of hydrogen-bond donors (Lipinski definition) is 0. The molecule has 0 aliphatic rings. The number of carbonyl (C=O) groups is 1. The molecular formula is C10H14O2S. The molecule has 0 aliphatic heterocycles. The zero-order valence-corrected chi connectivity index (χ0v) is 8.76. The first-order chi connectivity index (χ1) is 6.24. The third-order valence-corrected chi connectivity index (χ3v) is 2.54. The van der Waals surface area contributed by atoms with Gasteiger partial charge in [-0.25, -0.2) is 0 Å². The van der Waals surface area contributed by atoms with Crippen LogP contribution in [-0.2, 0) is 16.0 Å². The number of esters is 1. The van der Waals surface area contributed by atoms with Gasteiger partial charge in [-0.2, -0.15) is 11.3 Å². The third kappa shape index (κ3) is 3.19. The highest BCUT2D eigenvalue weighted by Crippen LogP contribution is 2.12. The van der Waals surface area contributed by atoms with E-state index in [-0.39, 0.29) is 11.9 Å². The van der Waals surface area contributed by atoms with Gasteiger partial charge in [0.05, 0.1) is 12.5 Å². The summed E-state index contributed by atoms with van der Waals surface area (Å²) < 4.78 is 4.92. The van der Waals surface area contributed by atoms with Crippen LogP contribution in [0.25, 0.3) is 0 Å². The van der Waals surface area contributed by atoms with Gasteiger partial charge in [0.1, 0.15) is 0 Å². The van der Waals surface area contributed by atoms with Gasteiger partial charge in [-0.3, -0.25) is 4.79 Å². The van der Waals surface area contributed by atoms with Gasteiger partial charge in [0.15, 0.2) is 0 Å². The van der Waals surface area contributed by atoms with Crippen molar-refractivity contribution in [3.8, 4) is 0 Å². The zero-order valence-electron chi connectivity index (χ0n) is 7.95. The molecule has 0 aliphatic carbocycles. The van der Waals surface area contributed by atoms with E-state index in [1.165, 1.54) is 5.56 Å². The van der Waals surface area contributed by atoms with Crippen LogP contribution in [0, 0.1) is 5.92 Å². The Hall–Kier alpha value is -0.830. The van der Waals surface area contributed by atoms with Crippen molar-refractivity contribution >= 4 is 17.3 Å². The molecule has 3 heteroatoms. The zero-order chi connectivity index (χ0) is 9.68. The normalized spacial score (nSPS) is 12.5. The molecule has 2 nitrogen and oxygen atoms in total. The second-order valence-corrected chi connectivity index (χ2v) is 3.77. The van der Waals surface area contributed by atoms with Gasteiger partial charge in [-0.1, -0.05) is 6.92 Å². The minimum atomic E-state index is -0.103. The van der Waals surface area contributed by atoms with E-state index < -0.39 is 0 Å². The Kier molecular flexibility index (Phi) is 3.96. The second kappa shape index (κ2) is 5.02. The number of hydrogen-bond acceptors (Lipinski definition) is 3. The molecule has 1 heterocycles. The van der Waals surface area contributed by atoms with Crippen LogP contribution < -0.4 is 0 Å². The van der Waals surface area contributed by atoms with Crippen molar-refractivity contribution in [2.24, 2.45) is 5.92 Å². The van der Waals surface area contributed by atoms with Crippen molar-refractivity contribution in [1.82, 2.24) is 0 Å². The van der Waals surface area contributed by atoms with E-state index in [0.717, 1.165) is 6.42 Å². The van der Waals surface area contributed by atoms with E-state index in [2.05, 4.69) is 5.38 Å². The first-order valence-corrected chi connectivity index (χ1v) is 5.36. The van der Waals surface area contributed by atoms with Gasteiger partial charge in [0, 0.05) is 0 Å². The molecular weight excluding hydrogens is 184 g/mol. The van der Waals surface area contributed by atoms with E-state index in [4.69, 9.17) is 4.74 Å². The molecule has 1 rings (SSSR count). The molecule has 0 bridgehead atoms. The van der Waals surface area contributed by atoms with Gasteiger partial charge in [-0.15, -0.1) is 0 Å². The van der Waals surface area contributed by atoms with Gasteiger partial charge in [0.2, 0.25) is 0 Å². The quantitative estimate of drug-likeness (QED) is 0.695. The molecule has 1 atom stereocenters. The standard InChI is InChI=1S/C10H14O2S/c1-3-12-10(11)8(2)6-9-4-5-13-7-9/h4-5,7-8H,3,6H2,1-2H3. The van der Waals surface area contributed by atoms with Crippen molar-refractivity contribution in [2.75, 3.05) is 6.61 Å². The van der Waals surface area contributed by atoms with Crippen LogP contribution in [0.3, 0.4) is 0 Å². The summed E-state index contributed by atoms with van der Waals surface area (Å²) in [7, 11) is 0. The second-order valence-electron chi connectivity index (χ2n) is 2.99. The average Bonchev–Trinajstić information content (AvgIpc) is 2.57. The fourth-order valence-electron chi connectivity index (χ4n) is 1.13. The largest absolute Gasteiger partial charge is 0.466 e. The maximum Gasteiger partial charge on any atom is 0.308 e. The maximum atomic E-state index is 11.3. The van der Waals surface area contributed by atoms with Crippen molar-refractivity contribution < 1.29 is 9.53 Å². The summed E-state index contributed by atoms with van der Waals surface area (Å²) in [4.78, 5) is 11.3. The fraction of sp³-hybridized carbons (Fsp3) is 0.500. The number of rotatable bonds is 4. The maximum absolute atomic E-state index is 11.3. The lowest BCUT2D eigenvalue weighted by Crippen LogP contribution is -2.16. The van der Waals surface area contributed by atoms with Crippen LogP contribution in [0.4, 0.5) is 0 Å². The molecule has 0 saturated carbocycles. The van der Waals surface area contributed by atoms with Crippen LogP contribution in [0.2, 0.25) is 0 Å². The minimum absolute atomic E-state index is 0.0328. The molecule has 13 heavy (non-hydrogen) atoms. The monoisotopic (exact) mass is 198 g/mol. The summed E-state index contributed by atoms with van der Waals surface area (Å²) in [6.07, 6.45) is 0.780. The van der Waals surface area contributed by atoms with Crippen LogP contribution in [-0.4, -0.2) is 12.6 Å². The summed E-state index contributed by atoms with van der Waals surface area (Å²) in [5.74, 6) is -0.136. The Labute approximate surface area is 82.5 Å².